The van der Waals surface area contributed by atoms with Gasteiger partial charge in [0.2, 0.25) is 11.8 Å². The summed E-state index contributed by atoms with van der Waals surface area (Å²) in [5, 5.41) is 9.66. The first kappa shape index (κ1) is 52.7. The average molecular weight is 1020 g/mol. The van der Waals surface area contributed by atoms with Crippen molar-refractivity contribution < 1.29 is 52.6 Å². The highest BCUT2D eigenvalue weighted by Crippen LogP contribution is 2.45. The van der Waals surface area contributed by atoms with E-state index < -0.39 is 5.97 Å². The lowest BCUT2D eigenvalue weighted by atomic mass is 9.84. The summed E-state index contributed by atoms with van der Waals surface area (Å²) < 4.78 is 42.3. The van der Waals surface area contributed by atoms with Crippen molar-refractivity contribution in [3.63, 3.8) is 0 Å². The van der Waals surface area contributed by atoms with Gasteiger partial charge < -0.3 is 48.1 Å². The van der Waals surface area contributed by atoms with Gasteiger partial charge in [0.05, 0.1) is 108 Å². The fourth-order valence-corrected chi connectivity index (χ4v) is 13.7. The zero-order valence-corrected chi connectivity index (χ0v) is 44.1. The molecule has 1 N–H and O–H groups in total. The van der Waals surface area contributed by atoms with Gasteiger partial charge in [-0.25, -0.2) is 0 Å². The molecule has 2 fully saturated rings. The molecule has 2 amide bonds. The van der Waals surface area contributed by atoms with Gasteiger partial charge in [-0.3, -0.25) is 29.3 Å². The van der Waals surface area contributed by atoms with Crippen LogP contribution in [0.5, 0.6) is 0 Å². The first-order chi connectivity index (χ1) is 34.9. The molecule has 396 valence electrons. The second-order valence-electron chi connectivity index (χ2n) is 21.8. The van der Waals surface area contributed by atoms with E-state index >= 15 is 0 Å². The Hall–Kier alpha value is -4.16. The fraction of sp³-hybridized carbons (Fsp3) is 0.727. The molecule has 2 saturated heterocycles. The van der Waals surface area contributed by atoms with E-state index in [9.17, 15) is 19.5 Å². The van der Waals surface area contributed by atoms with Gasteiger partial charge in [0.1, 0.15) is 29.6 Å². The van der Waals surface area contributed by atoms with Gasteiger partial charge in [-0.1, -0.05) is 18.2 Å². The molecule has 1 unspecified atom stereocenters. The quantitative estimate of drug-likeness (QED) is 0.0829. The Morgan fingerprint density at radius 3 is 1.89 bits per heavy atom. The molecule has 0 aromatic carbocycles. The SMILES string of the molecule is COCCOCCOCCN(CC(C)(C)SCC(=O)O)[C@@H]1C=C(COC2=C(OC)C[C@H]3C(=O)N4[C@H](C=N[C@H]3C2)CC2=CCCC[C@@H]24)CC(COC2=C(OC)C[C@@H]3C(=O)N4[C@@H]5CCCC=C5C[C@@H]4C=N[C@@H]3C2)C1. The second kappa shape index (κ2) is 24.0. The van der Waals surface area contributed by atoms with Crippen LogP contribution in [0.15, 0.2) is 68.0 Å². The molecule has 0 radical (unpaired) electrons. The molecule has 9 aliphatic rings. The van der Waals surface area contributed by atoms with E-state index in [1.807, 2.05) is 12.4 Å². The average Bonchev–Trinajstić information content (AvgIpc) is 3.88. The number of methoxy groups -OCH3 is 3. The Morgan fingerprint density at radius 1 is 0.750 bits per heavy atom. The monoisotopic (exact) mass is 1020 g/mol. The van der Waals surface area contributed by atoms with Gasteiger partial charge >= 0.3 is 5.97 Å². The summed E-state index contributed by atoms with van der Waals surface area (Å²) in [4.78, 5) is 57.3. The Kier molecular flexibility index (Phi) is 17.6. The molecule has 0 bridgehead atoms. The Morgan fingerprint density at radius 2 is 1.32 bits per heavy atom. The number of rotatable bonds is 23. The molecule has 0 aromatic heterocycles. The van der Waals surface area contributed by atoms with Gasteiger partial charge in [0.15, 0.2) is 0 Å². The van der Waals surface area contributed by atoms with Crippen LogP contribution >= 0.6 is 11.8 Å². The minimum absolute atomic E-state index is 0.000316. The van der Waals surface area contributed by atoms with Crippen molar-refractivity contribution in [2.45, 2.75) is 151 Å². The third-order valence-electron chi connectivity index (χ3n) is 16.4. The van der Waals surface area contributed by atoms with E-state index in [0.29, 0.717) is 90.8 Å². The van der Waals surface area contributed by atoms with Crippen LogP contribution in [0.2, 0.25) is 0 Å². The standard InChI is InChI=1S/C55H79N5O11S/c1-55(2,72-33-52(61)62)34-58(14-15-68-18-19-69-17-16-65-3)39-21-35(31-70-50-27-44-42(25-48(50)66-4)53(63)59-40(29-56-44)23-37-10-6-8-12-46(37)59)20-36(22-39)32-71-51-28-45-43(26-49(51)67-5)54(64)60-41(30-57-45)24-38-11-7-9-13-47(38)60/h10-11,21,29-30,36,39-47H,6-9,12-20,22-28,31-34H2,1-5H3,(H,61,62)/t36?,39-,40+,41-,42-,43+,44+,45-,46+,47-/m1/s1. The predicted octanol–water partition coefficient (Wildman–Crippen LogP) is 6.90. The zero-order chi connectivity index (χ0) is 50.4. The van der Waals surface area contributed by atoms with E-state index in [1.54, 1.807) is 21.3 Å². The molecular weight excluding hydrogens is 939 g/mol. The lowest BCUT2D eigenvalue weighted by molar-refractivity contribution is -0.139. The van der Waals surface area contributed by atoms with Crippen molar-refractivity contribution in [2.24, 2.45) is 27.7 Å². The van der Waals surface area contributed by atoms with Crippen LogP contribution in [0.25, 0.3) is 0 Å². The molecule has 16 nitrogen and oxygen atoms in total. The van der Waals surface area contributed by atoms with Crippen LogP contribution < -0.4 is 0 Å². The first-order valence-electron chi connectivity index (χ1n) is 26.7. The molecule has 9 rings (SSSR count). The van der Waals surface area contributed by atoms with E-state index in [4.69, 9.17) is 43.1 Å². The Balaban J connectivity index is 0.927. The number of hydrogen-bond acceptors (Lipinski definition) is 14. The Labute approximate surface area is 430 Å². The highest BCUT2D eigenvalue weighted by molar-refractivity contribution is 8.01. The minimum Gasteiger partial charge on any atom is -0.498 e. The molecular formula is C55H79N5O11S. The van der Waals surface area contributed by atoms with Gasteiger partial charge in [-0.2, -0.15) is 0 Å². The lowest BCUT2D eigenvalue weighted by Gasteiger charge is -2.40. The molecule has 72 heavy (non-hydrogen) atoms. The van der Waals surface area contributed by atoms with Crippen LogP contribution in [0.3, 0.4) is 0 Å². The van der Waals surface area contributed by atoms with Crippen molar-refractivity contribution in [1.29, 1.82) is 0 Å². The summed E-state index contributed by atoms with van der Waals surface area (Å²) in [6.07, 6.45) is 22.6. The summed E-state index contributed by atoms with van der Waals surface area (Å²) in [5.74, 6) is 1.93. The molecule has 5 aliphatic carbocycles. The third kappa shape index (κ3) is 12.2. The summed E-state index contributed by atoms with van der Waals surface area (Å²) in [6, 6.07) is -0.127. The number of allylic oxidation sites excluding steroid dienone is 4. The summed E-state index contributed by atoms with van der Waals surface area (Å²) >= 11 is 1.44. The van der Waals surface area contributed by atoms with Crippen molar-refractivity contribution in [2.75, 3.05) is 86.4 Å². The molecule has 0 aromatic rings. The van der Waals surface area contributed by atoms with E-state index in [1.165, 1.54) is 22.9 Å². The van der Waals surface area contributed by atoms with E-state index in [0.717, 1.165) is 87.1 Å². The number of amides is 2. The van der Waals surface area contributed by atoms with Crippen LogP contribution in [0.1, 0.15) is 104 Å². The summed E-state index contributed by atoms with van der Waals surface area (Å²) in [6.45, 7) is 8.61. The smallest absolute Gasteiger partial charge is 0.313 e. The number of hydrogen-bond donors (Lipinski definition) is 1. The number of thioether (sulfide) groups is 1. The van der Waals surface area contributed by atoms with Gasteiger partial charge in [0, 0.05) is 69.1 Å². The second-order valence-corrected chi connectivity index (χ2v) is 23.5. The maximum atomic E-state index is 14.4. The lowest BCUT2D eigenvalue weighted by Crippen LogP contribution is -2.47. The van der Waals surface area contributed by atoms with Crippen LogP contribution in [-0.4, -0.2) is 183 Å². The van der Waals surface area contributed by atoms with Crippen molar-refractivity contribution in [1.82, 2.24) is 14.7 Å². The minimum atomic E-state index is -0.840. The van der Waals surface area contributed by atoms with Crippen LogP contribution in [-0.2, 0) is 47.5 Å². The van der Waals surface area contributed by atoms with Crippen molar-refractivity contribution >= 4 is 42.0 Å². The van der Waals surface area contributed by atoms with Crippen LogP contribution in [0.4, 0.5) is 0 Å². The molecule has 10 atom stereocenters. The highest BCUT2D eigenvalue weighted by atomic mass is 32.2. The van der Waals surface area contributed by atoms with Crippen LogP contribution in [0, 0.1) is 17.8 Å². The third-order valence-corrected chi connectivity index (χ3v) is 17.7. The number of ether oxygens (including phenoxy) is 7. The maximum Gasteiger partial charge on any atom is 0.313 e. The van der Waals surface area contributed by atoms with E-state index in [2.05, 4.69) is 46.8 Å². The summed E-state index contributed by atoms with van der Waals surface area (Å²) in [7, 11) is 5.00. The predicted molar refractivity (Wildman–Crippen MR) is 276 cm³/mol. The number of aliphatic carboxylic acids is 1. The van der Waals surface area contributed by atoms with Crippen molar-refractivity contribution in [3.8, 4) is 0 Å². The number of carbonyl (C=O) groups is 3. The topological polar surface area (TPSA) is 170 Å². The maximum absolute atomic E-state index is 14.4. The normalized spacial score (nSPS) is 31.1. The van der Waals surface area contributed by atoms with Gasteiger partial charge in [-0.05, 0) is 101 Å². The zero-order valence-electron chi connectivity index (χ0n) is 43.3. The fourth-order valence-electron chi connectivity index (χ4n) is 12.9. The molecule has 0 saturated carbocycles. The number of nitrogens with zero attached hydrogens (tertiary/aromatic N) is 5. The number of carboxylic acid groups (broad SMARTS) is 1. The molecule has 17 heteroatoms. The largest absolute Gasteiger partial charge is 0.498 e. The van der Waals surface area contributed by atoms with Crippen molar-refractivity contribution in [3.05, 3.63) is 58.0 Å². The van der Waals surface area contributed by atoms with E-state index in [-0.39, 0.29) is 82.4 Å². The summed E-state index contributed by atoms with van der Waals surface area (Å²) in [5.41, 5.74) is 3.89. The molecule has 0 spiro atoms. The van der Waals surface area contributed by atoms with Gasteiger partial charge in [0.25, 0.3) is 0 Å². The number of aliphatic imine (C=N–C) groups is 2. The molecule has 4 aliphatic heterocycles. The Bertz CT molecular complexity index is 2200. The highest BCUT2D eigenvalue weighted by Gasteiger charge is 2.50. The number of carboxylic acids is 1. The number of carbonyl (C=O) groups excluding carboxylic acids is 2. The first-order valence-corrected chi connectivity index (χ1v) is 27.7. The number of fused-ring (bicyclic) bond motifs is 8. The van der Waals surface area contributed by atoms with Gasteiger partial charge in [-0.15, -0.1) is 11.8 Å². The molecule has 4 heterocycles.